The van der Waals surface area contributed by atoms with E-state index >= 15 is 0 Å². The molecule has 1 unspecified atom stereocenters. The van der Waals surface area contributed by atoms with E-state index in [4.69, 9.17) is 5.73 Å². The van der Waals surface area contributed by atoms with Crippen LogP contribution in [0.4, 0.5) is 11.5 Å². The van der Waals surface area contributed by atoms with Crippen LogP contribution in [-0.4, -0.2) is 30.0 Å². The molecule has 0 radical (unpaired) electrons. The highest BCUT2D eigenvalue weighted by atomic mass is 16.2. The number of nitrogens with zero attached hydrogens (tertiary/aromatic N) is 2. The second kappa shape index (κ2) is 7.74. The van der Waals surface area contributed by atoms with E-state index in [2.05, 4.69) is 29.0 Å². The molecule has 1 aromatic heterocycles. The lowest BCUT2D eigenvalue weighted by Gasteiger charge is -2.22. The number of anilines is 2. The fourth-order valence-corrected chi connectivity index (χ4v) is 1.71. The highest BCUT2D eigenvalue weighted by Crippen LogP contribution is 2.15. The van der Waals surface area contributed by atoms with Crippen molar-refractivity contribution in [2.45, 2.75) is 39.7 Å². The van der Waals surface area contributed by atoms with Gasteiger partial charge in [0.05, 0.1) is 17.9 Å². The summed E-state index contributed by atoms with van der Waals surface area (Å²) in [6, 6.07) is 3.26. The van der Waals surface area contributed by atoms with Crippen molar-refractivity contribution < 1.29 is 4.79 Å². The number of nitrogens with one attached hydrogen (secondary N) is 1. The minimum atomic E-state index is -0.529. The Hall–Kier alpha value is -1.62. The maximum atomic E-state index is 11.4. The summed E-state index contributed by atoms with van der Waals surface area (Å²) in [5.41, 5.74) is 6.57. The molecule has 0 bridgehead atoms. The first-order valence-corrected chi connectivity index (χ1v) is 6.85. The van der Waals surface area contributed by atoms with Crippen LogP contribution in [0, 0.1) is 0 Å². The number of hydrogen-bond acceptors (Lipinski definition) is 4. The monoisotopic (exact) mass is 264 g/mol. The highest BCUT2D eigenvalue weighted by molar-refractivity contribution is 5.93. The summed E-state index contributed by atoms with van der Waals surface area (Å²) in [6.07, 6.45) is 4.12. The van der Waals surface area contributed by atoms with Crippen molar-refractivity contribution in [1.29, 1.82) is 0 Å². The lowest BCUT2D eigenvalue weighted by molar-refractivity contribution is -0.117. The third-order valence-electron chi connectivity index (χ3n) is 2.94. The van der Waals surface area contributed by atoms with Gasteiger partial charge in [0.1, 0.15) is 5.82 Å². The van der Waals surface area contributed by atoms with Crippen LogP contribution in [0.5, 0.6) is 0 Å². The van der Waals surface area contributed by atoms with Crippen LogP contribution in [0.1, 0.15) is 33.6 Å². The van der Waals surface area contributed by atoms with E-state index in [9.17, 15) is 4.79 Å². The van der Waals surface area contributed by atoms with Crippen molar-refractivity contribution in [3.05, 3.63) is 18.3 Å². The van der Waals surface area contributed by atoms with Crippen LogP contribution in [0.2, 0.25) is 0 Å². The van der Waals surface area contributed by atoms with Crippen LogP contribution in [0.3, 0.4) is 0 Å². The minimum absolute atomic E-state index is 0.224. The van der Waals surface area contributed by atoms with Gasteiger partial charge in [0.2, 0.25) is 5.91 Å². The molecule has 0 aliphatic heterocycles. The van der Waals surface area contributed by atoms with Crippen molar-refractivity contribution in [3.8, 4) is 0 Å². The fraction of sp³-hybridized carbons (Fsp3) is 0.571. The summed E-state index contributed by atoms with van der Waals surface area (Å²) in [4.78, 5) is 18.0. The Bertz CT molecular complexity index is 389. The zero-order valence-corrected chi connectivity index (χ0v) is 12.0. The van der Waals surface area contributed by atoms with Gasteiger partial charge in [0.15, 0.2) is 0 Å². The number of carbonyl (C=O) groups excluding carboxylic acids is 1. The fourth-order valence-electron chi connectivity index (χ4n) is 1.71. The molecule has 19 heavy (non-hydrogen) atoms. The molecule has 3 N–H and O–H groups in total. The summed E-state index contributed by atoms with van der Waals surface area (Å²) >= 11 is 0. The van der Waals surface area contributed by atoms with Gasteiger partial charge in [-0.05, 0) is 32.4 Å². The van der Waals surface area contributed by atoms with Gasteiger partial charge >= 0.3 is 0 Å². The normalized spacial score (nSPS) is 12.0. The number of hydrogen-bond donors (Lipinski definition) is 2. The van der Waals surface area contributed by atoms with E-state index in [1.165, 1.54) is 6.42 Å². The van der Waals surface area contributed by atoms with Gasteiger partial charge in [-0.1, -0.05) is 13.3 Å². The van der Waals surface area contributed by atoms with Crippen LogP contribution < -0.4 is 16.0 Å². The molecule has 5 nitrogen and oxygen atoms in total. The molecule has 0 saturated carbocycles. The lowest BCUT2D eigenvalue weighted by Crippen LogP contribution is -2.32. The summed E-state index contributed by atoms with van der Waals surface area (Å²) in [5.74, 6) is 0.316. The summed E-state index contributed by atoms with van der Waals surface area (Å²) < 4.78 is 0. The van der Waals surface area contributed by atoms with Crippen LogP contribution in [0.25, 0.3) is 0 Å². The minimum Gasteiger partial charge on any atom is -0.371 e. The topological polar surface area (TPSA) is 71.2 Å². The molecule has 0 fully saturated rings. The lowest BCUT2D eigenvalue weighted by atomic mass is 10.3. The van der Waals surface area contributed by atoms with E-state index in [0.29, 0.717) is 5.82 Å². The zero-order valence-electron chi connectivity index (χ0n) is 12.0. The van der Waals surface area contributed by atoms with E-state index in [1.807, 2.05) is 12.1 Å². The molecule has 0 saturated heterocycles. The van der Waals surface area contributed by atoms with Gasteiger partial charge in [-0.2, -0.15) is 0 Å². The Kier molecular flexibility index (Phi) is 6.29. The second-order valence-corrected chi connectivity index (χ2v) is 4.61. The van der Waals surface area contributed by atoms with Gasteiger partial charge in [-0.15, -0.1) is 0 Å². The maximum absolute atomic E-state index is 11.4. The first-order chi connectivity index (χ1) is 9.08. The number of amides is 1. The number of aromatic nitrogens is 1. The second-order valence-electron chi connectivity index (χ2n) is 4.61. The molecule has 0 aliphatic rings. The average molecular weight is 264 g/mol. The Labute approximate surface area is 115 Å². The maximum Gasteiger partial charge on any atom is 0.242 e. The molecule has 1 rings (SSSR count). The van der Waals surface area contributed by atoms with Gasteiger partial charge in [0, 0.05) is 13.1 Å². The Morgan fingerprint density at radius 1 is 1.47 bits per heavy atom. The third kappa shape index (κ3) is 4.87. The largest absolute Gasteiger partial charge is 0.371 e. The molecule has 1 aromatic rings. The number of rotatable bonds is 7. The van der Waals surface area contributed by atoms with Crippen LogP contribution in [0.15, 0.2) is 18.3 Å². The van der Waals surface area contributed by atoms with Crippen molar-refractivity contribution in [3.63, 3.8) is 0 Å². The number of carbonyl (C=O) groups is 1. The molecular formula is C14H24N4O. The first kappa shape index (κ1) is 15.4. The van der Waals surface area contributed by atoms with E-state index < -0.39 is 6.04 Å². The molecule has 0 aromatic carbocycles. The van der Waals surface area contributed by atoms with Crippen molar-refractivity contribution in [2.24, 2.45) is 5.73 Å². The van der Waals surface area contributed by atoms with Crippen LogP contribution >= 0.6 is 0 Å². The quantitative estimate of drug-likeness (QED) is 0.790. The summed E-state index contributed by atoms with van der Waals surface area (Å²) in [7, 11) is 0. The van der Waals surface area contributed by atoms with E-state index in [0.717, 1.165) is 25.2 Å². The third-order valence-corrected chi connectivity index (χ3v) is 2.94. The molecule has 1 heterocycles. The molecule has 1 atom stereocenters. The number of nitrogens with two attached hydrogens (primary N) is 1. The van der Waals surface area contributed by atoms with Crippen molar-refractivity contribution >= 4 is 17.4 Å². The molecular weight excluding hydrogens is 240 g/mol. The average Bonchev–Trinajstić information content (AvgIpc) is 2.41. The Morgan fingerprint density at radius 2 is 2.21 bits per heavy atom. The van der Waals surface area contributed by atoms with Gasteiger partial charge < -0.3 is 16.0 Å². The highest BCUT2D eigenvalue weighted by Gasteiger charge is 2.09. The molecule has 0 aliphatic carbocycles. The van der Waals surface area contributed by atoms with Gasteiger partial charge in [-0.3, -0.25) is 4.79 Å². The summed E-state index contributed by atoms with van der Waals surface area (Å²) in [5, 5.41) is 2.68. The van der Waals surface area contributed by atoms with Gasteiger partial charge in [-0.25, -0.2) is 4.98 Å². The Morgan fingerprint density at radius 3 is 2.68 bits per heavy atom. The molecule has 0 spiro atoms. The standard InChI is InChI=1S/C14H24N4O/c1-4-6-9-18(5-2)12-7-8-13(16-10-12)17-14(19)11(3)15/h7-8,10-11H,4-6,9,15H2,1-3H3,(H,16,17,19). The molecule has 106 valence electrons. The van der Waals surface area contributed by atoms with E-state index in [1.54, 1.807) is 13.1 Å². The predicted octanol–water partition coefficient (Wildman–Crippen LogP) is 1.99. The molecule has 5 heteroatoms. The van der Waals surface area contributed by atoms with Crippen molar-refractivity contribution in [1.82, 2.24) is 4.98 Å². The van der Waals surface area contributed by atoms with Crippen molar-refractivity contribution in [2.75, 3.05) is 23.3 Å². The SMILES string of the molecule is CCCCN(CC)c1ccc(NC(=O)C(C)N)nc1. The zero-order chi connectivity index (χ0) is 14.3. The molecule has 1 amide bonds. The predicted molar refractivity (Wildman–Crippen MR) is 79.3 cm³/mol. The van der Waals surface area contributed by atoms with E-state index in [-0.39, 0.29) is 5.91 Å². The Balaban J connectivity index is 2.66. The first-order valence-electron chi connectivity index (χ1n) is 6.85. The van der Waals surface area contributed by atoms with Gasteiger partial charge in [0.25, 0.3) is 0 Å². The summed E-state index contributed by atoms with van der Waals surface area (Å²) in [6.45, 7) is 7.93. The number of pyridine rings is 1. The number of unbranched alkanes of at least 4 members (excludes halogenated alkanes) is 1. The smallest absolute Gasteiger partial charge is 0.242 e. The van der Waals surface area contributed by atoms with Crippen LogP contribution in [-0.2, 0) is 4.79 Å².